The molecule has 2 N–H and O–H groups in total. The largest absolute Gasteiger partial charge is 0.487 e. The first kappa shape index (κ1) is 22.4. The molecule has 0 amide bonds. The van der Waals surface area contributed by atoms with Crippen LogP contribution < -0.4 is 15.0 Å². The Morgan fingerprint density at radius 2 is 1.62 bits per heavy atom. The van der Waals surface area contributed by atoms with Crippen molar-refractivity contribution in [1.82, 2.24) is 5.32 Å². The molecule has 4 nitrogen and oxygen atoms in total. The molecule has 1 aliphatic carbocycles. The standard InChI is InChI=1S/C28H34N2O2/c1-20(2)29-25-16-14-23-24(28(25)31)15-17-26(32-19-22-12-8-5-9-13-22)27(23)30(3)18-21-10-6-4-7-11-21/h4-13,15,17,20,25,28-29,31H,14,16,18-19H2,1-3H3/t25-,28-/m0/s1. The van der Waals surface area contributed by atoms with E-state index in [1.54, 1.807) is 0 Å². The Bertz CT molecular complexity index is 1000. The number of hydrogen-bond acceptors (Lipinski definition) is 4. The Balaban J connectivity index is 1.67. The number of nitrogens with one attached hydrogen (secondary N) is 1. The van der Waals surface area contributed by atoms with Gasteiger partial charge in [-0.15, -0.1) is 0 Å². The van der Waals surface area contributed by atoms with Crippen molar-refractivity contribution in [2.45, 2.75) is 58.0 Å². The lowest BCUT2D eigenvalue weighted by Crippen LogP contribution is -2.42. The van der Waals surface area contributed by atoms with Crippen molar-refractivity contribution in [1.29, 1.82) is 0 Å². The van der Waals surface area contributed by atoms with E-state index in [9.17, 15) is 5.11 Å². The number of nitrogens with zero attached hydrogens (tertiary/aromatic N) is 1. The van der Waals surface area contributed by atoms with E-state index in [0.717, 1.165) is 42.0 Å². The van der Waals surface area contributed by atoms with Crippen LogP contribution in [-0.4, -0.2) is 24.2 Å². The Kier molecular flexibility index (Phi) is 7.13. The van der Waals surface area contributed by atoms with E-state index in [0.29, 0.717) is 12.6 Å². The van der Waals surface area contributed by atoms with Crippen LogP contribution >= 0.6 is 0 Å². The third kappa shape index (κ3) is 5.14. The van der Waals surface area contributed by atoms with Crippen LogP contribution in [-0.2, 0) is 19.6 Å². The van der Waals surface area contributed by atoms with Gasteiger partial charge in [0.25, 0.3) is 0 Å². The average Bonchev–Trinajstić information content (AvgIpc) is 2.80. The Hall–Kier alpha value is -2.82. The van der Waals surface area contributed by atoms with Crippen molar-refractivity contribution in [2.24, 2.45) is 0 Å². The van der Waals surface area contributed by atoms with Gasteiger partial charge < -0.3 is 20.1 Å². The maximum Gasteiger partial charge on any atom is 0.143 e. The number of hydrogen-bond donors (Lipinski definition) is 2. The molecule has 4 rings (SSSR count). The fraction of sp³-hybridized carbons (Fsp3) is 0.357. The van der Waals surface area contributed by atoms with Crippen LogP contribution in [0.3, 0.4) is 0 Å². The molecule has 0 unspecified atom stereocenters. The topological polar surface area (TPSA) is 44.7 Å². The second-order valence-electron chi connectivity index (χ2n) is 9.01. The minimum absolute atomic E-state index is 0.0749. The molecule has 2 atom stereocenters. The third-order valence-corrected chi connectivity index (χ3v) is 6.12. The lowest BCUT2D eigenvalue weighted by molar-refractivity contribution is 0.110. The summed E-state index contributed by atoms with van der Waals surface area (Å²) in [4.78, 5) is 2.26. The number of anilines is 1. The molecular weight excluding hydrogens is 396 g/mol. The number of benzene rings is 3. The summed E-state index contributed by atoms with van der Waals surface area (Å²) >= 11 is 0. The first-order chi connectivity index (χ1) is 15.5. The van der Waals surface area contributed by atoms with Crippen molar-refractivity contribution < 1.29 is 9.84 Å². The van der Waals surface area contributed by atoms with Crippen molar-refractivity contribution in [2.75, 3.05) is 11.9 Å². The highest BCUT2D eigenvalue weighted by Gasteiger charge is 2.31. The molecule has 168 valence electrons. The van der Waals surface area contributed by atoms with E-state index in [4.69, 9.17) is 4.74 Å². The molecule has 3 aromatic rings. The van der Waals surface area contributed by atoms with Gasteiger partial charge in [-0.25, -0.2) is 0 Å². The maximum absolute atomic E-state index is 11.1. The van der Waals surface area contributed by atoms with Crippen molar-refractivity contribution in [3.8, 4) is 5.75 Å². The molecule has 0 heterocycles. The zero-order chi connectivity index (χ0) is 22.5. The van der Waals surface area contributed by atoms with Crippen molar-refractivity contribution >= 4 is 5.69 Å². The summed E-state index contributed by atoms with van der Waals surface area (Å²) in [5.41, 5.74) is 5.68. The van der Waals surface area contributed by atoms with E-state index < -0.39 is 6.10 Å². The Labute approximate surface area is 191 Å². The molecular formula is C28H34N2O2. The molecule has 32 heavy (non-hydrogen) atoms. The maximum atomic E-state index is 11.1. The molecule has 0 aromatic heterocycles. The van der Waals surface area contributed by atoms with Crippen LogP contribution in [0, 0.1) is 0 Å². The summed E-state index contributed by atoms with van der Waals surface area (Å²) in [5.74, 6) is 0.869. The molecule has 4 heteroatoms. The third-order valence-electron chi connectivity index (χ3n) is 6.12. The van der Waals surface area contributed by atoms with Gasteiger partial charge in [0.15, 0.2) is 0 Å². The SMILES string of the molecule is CC(C)N[C@H]1CCc2c(ccc(OCc3ccccc3)c2N(C)Cc2ccccc2)[C@@H]1O. The van der Waals surface area contributed by atoms with Crippen LogP contribution in [0.4, 0.5) is 5.69 Å². The summed E-state index contributed by atoms with van der Waals surface area (Å²) in [6.07, 6.45) is 1.29. The quantitative estimate of drug-likeness (QED) is 0.512. The normalized spacial score (nSPS) is 17.8. The highest BCUT2D eigenvalue weighted by atomic mass is 16.5. The lowest BCUT2D eigenvalue weighted by atomic mass is 9.84. The minimum atomic E-state index is -0.520. The van der Waals surface area contributed by atoms with Gasteiger partial charge in [0.2, 0.25) is 0 Å². The van der Waals surface area contributed by atoms with Gasteiger partial charge in [0.05, 0.1) is 11.8 Å². The number of aliphatic hydroxyl groups is 1. The molecule has 0 radical (unpaired) electrons. The van der Waals surface area contributed by atoms with E-state index in [-0.39, 0.29) is 6.04 Å². The molecule has 0 bridgehead atoms. The second kappa shape index (κ2) is 10.2. The van der Waals surface area contributed by atoms with Gasteiger partial charge in [-0.2, -0.15) is 0 Å². The summed E-state index contributed by atoms with van der Waals surface area (Å²) in [5, 5.41) is 14.7. The zero-order valence-electron chi connectivity index (χ0n) is 19.3. The fourth-order valence-corrected chi connectivity index (χ4v) is 4.65. The molecule has 0 spiro atoms. The van der Waals surface area contributed by atoms with Crippen LogP contribution in [0.1, 0.15) is 48.6 Å². The average molecular weight is 431 g/mol. The molecule has 0 aliphatic heterocycles. The number of ether oxygens (including phenoxy) is 1. The second-order valence-corrected chi connectivity index (χ2v) is 9.01. The highest BCUT2D eigenvalue weighted by Crippen LogP contribution is 2.42. The van der Waals surface area contributed by atoms with Gasteiger partial charge in [-0.3, -0.25) is 0 Å². The van der Waals surface area contributed by atoms with Gasteiger partial charge in [0, 0.05) is 25.7 Å². The zero-order valence-corrected chi connectivity index (χ0v) is 19.3. The number of rotatable bonds is 8. The predicted molar refractivity (Wildman–Crippen MR) is 131 cm³/mol. The molecule has 1 aliphatic rings. The van der Waals surface area contributed by atoms with E-state index >= 15 is 0 Å². The monoisotopic (exact) mass is 430 g/mol. The fourth-order valence-electron chi connectivity index (χ4n) is 4.65. The lowest BCUT2D eigenvalue weighted by Gasteiger charge is -2.36. The summed E-state index contributed by atoms with van der Waals surface area (Å²) in [6.45, 7) is 5.55. The molecule has 0 fully saturated rings. The van der Waals surface area contributed by atoms with E-state index in [1.165, 1.54) is 11.1 Å². The Morgan fingerprint density at radius 3 is 2.28 bits per heavy atom. The predicted octanol–water partition coefficient (Wildman–Crippen LogP) is 5.25. The van der Waals surface area contributed by atoms with Crippen LogP contribution in [0.5, 0.6) is 5.75 Å². The molecule has 0 saturated heterocycles. The summed E-state index contributed by atoms with van der Waals surface area (Å²) in [7, 11) is 2.11. The van der Waals surface area contributed by atoms with E-state index in [2.05, 4.69) is 67.5 Å². The summed E-state index contributed by atoms with van der Waals surface area (Å²) in [6, 6.07) is 25.2. The van der Waals surface area contributed by atoms with Crippen LogP contribution in [0.15, 0.2) is 72.8 Å². The minimum Gasteiger partial charge on any atom is -0.487 e. The molecule has 3 aromatic carbocycles. The van der Waals surface area contributed by atoms with Crippen LogP contribution in [0.2, 0.25) is 0 Å². The van der Waals surface area contributed by atoms with Gasteiger partial charge in [0.1, 0.15) is 12.4 Å². The first-order valence-electron chi connectivity index (χ1n) is 11.5. The smallest absolute Gasteiger partial charge is 0.143 e. The Morgan fingerprint density at radius 1 is 0.969 bits per heavy atom. The van der Waals surface area contributed by atoms with Gasteiger partial charge in [-0.05, 0) is 41.2 Å². The van der Waals surface area contributed by atoms with Crippen LogP contribution in [0.25, 0.3) is 0 Å². The summed E-state index contributed by atoms with van der Waals surface area (Å²) < 4.78 is 6.34. The van der Waals surface area contributed by atoms with Gasteiger partial charge >= 0.3 is 0 Å². The van der Waals surface area contributed by atoms with Crippen molar-refractivity contribution in [3.63, 3.8) is 0 Å². The van der Waals surface area contributed by atoms with Crippen molar-refractivity contribution in [3.05, 3.63) is 95.1 Å². The van der Waals surface area contributed by atoms with E-state index in [1.807, 2.05) is 36.4 Å². The molecule has 0 saturated carbocycles. The highest BCUT2D eigenvalue weighted by molar-refractivity contribution is 5.67. The first-order valence-corrected chi connectivity index (χ1v) is 11.5. The number of fused-ring (bicyclic) bond motifs is 1. The van der Waals surface area contributed by atoms with Gasteiger partial charge in [-0.1, -0.05) is 80.6 Å². The number of aliphatic hydroxyl groups excluding tert-OH is 1.